The molecule has 0 aliphatic rings. The molecule has 0 spiro atoms. The molecule has 1 aromatic heterocycles. The summed E-state index contributed by atoms with van der Waals surface area (Å²) in [5, 5.41) is 11.2. The van der Waals surface area contributed by atoms with Crippen LogP contribution in [0.4, 0.5) is 10.2 Å². The lowest BCUT2D eigenvalue weighted by atomic mass is 10.1. The Morgan fingerprint density at radius 2 is 2.00 bits per heavy atom. The van der Waals surface area contributed by atoms with E-state index in [1.54, 1.807) is 18.2 Å². The first-order valence-electron chi connectivity index (χ1n) is 7.11. The Kier molecular flexibility index (Phi) is 5.16. The van der Waals surface area contributed by atoms with Crippen molar-refractivity contribution in [3.63, 3.8) is 0 Å². The standard InChI is InChI=1S/C16H20FN5/c1-10(20-2)7-13(18)14-9-15(19)22-16(21-14)8-11-3-5-12(17)6-4-11/h3-6,9-10,18,20H,7-8H2,1-2H3,(H2,19,21,22)/t10-/m1/s1. The van der Waals surface area contributed by atoms with Crippen LogP contribution >= 0.6 is 0 Å². The predicted octanol–water partition coefficient (Wildman–Crippen LogP) is 2.15. The van der Waals surface area contributed by atoms with Gasteiger partial charge < -0.3 is 16.5 Å². The minimum atomic E-state index is -0.277. The van der Waals surface area contributed by atoms with Crippen LogP contribution in [0.1, 0.15) is 30.4 Å². The van der Waals surface area contributed by atoms with Crippen molar-refractivity contribution >= 4 is 11.5 Å². The van der Waals surface area contributed by atoms with Crippen LogP contribution in [0.3, 0.4) is 0 Å². The van der Waals surface area contributed by atoms with Crippen molar-refractivity contribution in [1.29, 1.82) is 5.41 Å². The van der Waals surface area contributed by atoms with Crippen molar-refractivity contribution in [2.24, 2.45) is 0 Å². The molecule has 0 aliphatic carbocycles. The molecular formula is C16H20FN5. The van der Waals surface area contributed by atoms with Gasteiger partial charge in [0.05, 0.1) is 11.4 Å². The molecule has 116 valence electrons. The van der Waals surface area contributed by atoms with Gasteiger partial charge in [-0.05, 0) is 31.7 Å². The number of hydrogen-bond acceptors (Lipinski definition) is 5. The summed E-state index contributed by atoms with van der Waals surface area (Å²) in [6.07, 6.45) is 1.01. The number of nitrogens with one attached hydrogen (secondary N) is 2. The summed E-state index contributed by atoms with van der Waals surface area (Å²) < 4.78 is 12.9. The number of nitrogens with two attached hydrogens (primary N) is 1. The van der Waals surface area contributed by atoms with Gasteiger partial charge in [0.15, 0.2) is 0 Å². The fraction of sp³-hybridized carbons (Fsp3) is 0.312. The van der Waals surface area contributed by atoms with Gasteiger partial charge in [0.25, 0.3) is 0 Å². The minimum Gasteiger partial charge on any atom is -0.384 e. The maximum Gasteiger partial charge on any atom is 0.135 e. The highest BCUT2D eigenvalue weighted by atomic mass is 19.1. The number of hydrogen-bond donors (Lipinski definition) is 3. The molecular weight excluding hydrogens is 281 g/mol. The largest absolute Gasteiger partial charge is 0.384 e. The van der Waals surface area contributed by atoms with Crippen molar-refractivity contribution in [1.82, 2.24) is 15.3 Å². The zero-order valence-electron chi connectivity index (χ0n) is 12.7. The highest BCUT2D eigenvalue weighted by Crippen LogP contribution is 2.12. The summed E-state index contributed by atoms with van der Waals surface area (Å²) in [5.74, 6) is 0.591. The number of nitrogens with zero attached hydrogens (tertiary/aromatic N) is 2. The summed E-state index contributed by atoms with van der Waals surface area (Å²) in [5.41, 5.74) is 7.66. The maximum atomic E-state index is 12.9. The van der Waals surface area contributed by atoms with E-state index >= 15 is 0 Å². The van der Waals surface area contributed by atoms with Crippen LogP contribution in [0.2, 0.25) is 0 Å². The first kappa shape index (κ1) is 16.0. The van der Waals surface area contributed by atoms with E-state index in [-0.39, 0.29) is 11.9 Å². The second kappa shape index (κ2) is 7.09. The molecule has 0 fully saturated rings. The van der Waals surface area contributed by atoms with E-state index in [9.17, 15) is 4.39 Å². The molecule has 6 heteroatoms. The van der Waals surface area contributed by atoms with Crippen molar-refractivity contribution in [3.8, 4) is 0 Å². The monoisotopic (exact) mass is 301 g/mol. The van der Waals surface area contributed by atoms with Crippen LogP contribution < -0.4 is 11.1 Å². The van der Waals surface area contributed by atoms with E-state index in [1.807, 2.05) is 14.0 Å². The lowest BCUT2D eigenvalue weighted by Gasteiger charge is -2.12. The van der Waals surface area contributed by atoms with Crippen molar-refractivity contribution < 1.29 is 4.39 Å². The van der Waals surface area contributed by atoms with Crippen LogP contribution in [0.25, 0.3) is 0 Å². The Morgan fingerprint density at radius 1 is 1.32 bits per heavy atom. The van der Waals surface area contributed by atoms with Crippen molar-refractivity contribution in [2.75, 3.05) is 12.8 Å². The molecule has 22 heavy (non-hydrogen) atoms. The van der Waals surface area contributed by atoms with E-state index in [4.69, 9.17) is 11.1 Å². The third kappa shape index (κ3) is 4.33. The number of halogens is 1. The Hall–Kier alpha value is -2.34. The molecule has 0 unspecified atom stereocenters. The fourth-order valence-corrected chi connectivity index (χ4v) is 2.05. The van der Waals surface area contributed by atoms with Crippen molar-refractivity contribution in [3.05, 3.63) is 53.2 Å². The van der Waals surface area contributed by atoms with Gasteiger partial charge in [0.2, 0.25) is 0 Å². The SMILES string of the molecule is CN[C@H](C)CC(=N)c1cc(N)nc(Cc2ccc(F)cc2)n1. The highest BCUT2D eigenvalue weighted by molar-refractivity contribution is 5.97. The van der Waals surface area contributed by atoms with Gasteiger partial charge in [0, 0.05) is 24.9 Å². The van der Waals surface area contributed by atoms with Crippen molar-refractivity contribution in [2.45, 2.75) is 25.8 Å². The van der Waals surface area contributed by atoms with Crippen LogP contribution in [-0.2, 0) is 6.42 Å². The van der Waals surface area contributed by atoms with Crippen LogP contribution in [0.15, 0.2) is 30.3 Å². The molecule has 0 amide bonds. The summed E-state index contributed by atoms with van der Waals surface area (Å²) in [7, 11) is 1.85. The predicted molar refractivity (Wildman–Crippen MR) is 85.6 cm³/mol. The molecule has 0 radical (unpaired) electrons. The molecule has 4 N–H and O–H groups in total. The normalized spacial score (nSPS) is 12.1. The van der Waals surface area contributed by atoms with E-state index in [1.165, 1.54) is 12.1 Å². The molecule has 1 atom stereocenters. The van der Waals surface area contributed by atoms with Gasteiger partial charge in [0.1, 0.15) is 17.5 Å². The third-order valence-electron chi connectivity index (χ3n) is 3.38. The molecule has 1 aromatic carbocycles. The average Bonchev–Trinajstić information content (AvgIpc) is 2.49. The Bertz CT molecular complexity index is 654. The second-order valence-corrected chi connectivity index (χ2v) is 5.27. The number of nitrogen functional groups attached to an aromatic ring is 1. The molecule has 0 bridgehead atoms. The zero-order chi connectivity index (χ0) is 16.1. The molecule has 2 aromatic rings. The van der Waals surface area contributed by atoms with Gasteiger partial charge in [-0.3, -0.25) is 0 Å². The molecule has 0 saturated heterocycles. The quantitative estimate of drug-likeness (QED) is 0.713. The molecule has 5 nitrogen and oxygen atoms in total. The van der Waals surface area contributed by atoms with Gasteiger partial charge in [-0.15, -0.1) is 0 Å². The third-order valence-corrected chi connectivity index (χ3v) is 3.38. The number of anilines is 1. The number of benzene rings is 1. The summed E-state index contributed by atoms with van der Waals surface area (Å²) in [4.78, 5) is 8.60. The molecule has 2 rings (SSSR count). The average molecular weight is 301 g/mol. The number of rotatable bonds is 6. The molecule has 0 aliphatic heterocycles. The lowest BCUT2D eigenvalue weighted by Crippen LogP contribution is -2.25. The first-order chi connectivity index (χ1) is 10.5. The zero-order valence-corrected chi connectivity index (χ0v) is 12.7. The maximum absolute atomic E-state index is 12.9. The van der Waals surface area contributed by atoms with Gasteiger partial charge >= 0.3 is 0 Å². The molecule has 1 heterocycles. The van der Waals surface area contributed by atoms with Crippen LogP contribution in [-0.4, -0.2) is 28.8 Å². The summed E-state index contributed by atoms with van der Waals surface area (Å²) >= 11 is 0. The van der Waals surface area contributed by atoms with Gasteiger partial charge in [-0.25, -0.2) is 14.4 Å². The van der Waals surface area contributed by atoms with Gasteiger partial charge in [-0.1, -0.05) is 12.1 Å². The summed E-state index contributed by atoms with van der Waals surface area (Å²) in [6.45, 7) is 2.00. The van der Waals surface area contributed by atoms with E-state index in [2.05, 4.69) is 15.3 Å². The smallest absolute Gasteiger partial charge is 0.135 e. The van der Waals surface area contributed by atoms with Crippen LogP contribution in [0.5, 0.6) is 0 Å². The van der Waals surface area contributed by atoms with E-state index in [0.29, 0.717) is 35.9 Å². The Labute approximate surface area is 129 Å². The minimum absolute atomic E-state index is 0.184. The molecule has 0 saturated carbocycles. The fourth-order valence-electron chi connectivity index (χ4n) is 2.05. The Morgan fingerprint density at radius 3 is 2.64 bits per heavy atom. The van der Waals surface area contributed by atoms with Crippen LogP contribution in [0, 0.1) is 11.2 Å². The Balaban J connectivity index is 2.19. The summed E-state index contributed by atoms with van der Waals surface area (Å²) in [6, 6.07) is 7.98. The topological polar surface area (TPSA) is 87.7 Å². The highest BCUT2D eigenvalue weighted by Gasteiger charge is 2.11. The van der Waals surface area contributed by atoms with Gasteiger partial charge in [-0.2, -0.15) is 0 Å². The number of aromatic nitrogens is 2. The first-order valence-corrected chi connectivity index (χ1v) is 7.11. The lowest BCUT2D eigenvalue weighted by molar-refractivity contribution is 0.627. The van der Waals surface area contributed by atoms with E-state index in [0.717, 1.165) is 5.56 Å². The second-order valence-electron chi connectivity index (χ2n) is 5.27. The van der Waals surface area contributed by atoms with E-state index < -0.39 is 0 Å².